The first-order chi connectivity index (χ1) is 7.50. The van der Waals surface area contributed by atoms with Gasteiger partial charge in [0.25, 0.3) is 0 Å². The lowest BCUT2D eigenvalue weighted by atomic mass is 10.2. The topological polar surface area (TPSA) is 73.7 Å². The summed E-state index contributed by atoms with van der Waals surface area (Å²) in [5.74, 6) is -1.03. The summed E-state index contributed by atoms with van der Waals surface area (Å²) in [4.78, 5) is 16.3. The normalized spacial score (nSPS) is 12.2. The molecular weight excluding hydrogens is 208 g/mol. The second-order valence-electron chi connectivity index (χ2n) is 3.77. The highest BCUT2D eigenvalue weighted by atomic mass is 16.4. The lowest BCUT2D eigenvalue weighted by molar-refractivity contribution is 0.0690. The van der Waals surface area contributed by atoms with Gasteiger partial charge in [-0.1, -0.05) is 0 Å². The van der Waals surface area contributed by atoms with Gasteiger partial charge < -0.3 is 15.1 Å². The van der Waals surface area contributed by atoms with Gasteiger partial charge in [-0.05, 0) is 25.5 Å². The Balaban J connectivity index is 2.63. The highest BCUT2D eigenvalue weighted by Gasteiger charge is 2.06. The van der Waals surface area contributed by atoms with Crippen molar-refractivity contribution in [2.24, 2.45) is 0 Å². The van der Waals surface area contributed by atoms with Gasteiger partial charge in [-0.3, -0.25) is 0 Å². The molecule has 5 nitrogen and oxygen atoms in total. The highest BCUT2D eigenvalue weighted by molar-refractivity contribution is 5.85. The summed E-state index contributed by atoms with van der Waals surface area (Å²) in [6.45, 7) is 2.44. The number of aromatic carboxylic acids is 1. The standard InChI is InChI=1S/C11H16N2O3/c1-8(14)5-6-13(2)9-3-4-10(11(15)16)12-7-9/h3-4,7-8,14H,5-6H2,1-2H3,(H,15,16). The predicted molar refractivity (Wildman–Crippen MR) is 60.8 cm³/mol. The molecule has 0 radical (unpaired) electrons. The summed E-state index contributed by atoms with van der Waals surface area (Å²) >= 11 is 0. The van der Waals surface area contributed by atoms with Gasteiger partial charge in [-0.25, -0.2) is 9.78 Å². The molecule has 0 spiro atoms. The first-order valence-corrected chi connectivity index (χ1v) is 5.09. The zero-order valence-corrected chi connectivity index (χ0v) is 9.42. The lowest BCUT2D eigenvalue weighted by Crippen LogP contribution is -2.22. The first-order valence-electron chi connectivity index (χ1n) is 5.09. The molecular formula is C11H16N2O3. The maximum Gasteiger partial charge on any atom is 0.354 e. The van der Waals surface area contributed by atoms with Crippen LogP contribution < -0.4 is 4.90 Å². The van der Waals surface area contributed by atoms with E-state index in [0.29, 0.717) is 13.0 Å². The Bertz CT molecular complexity index is 349. The fourth-order valence-electron chi connectivity index (χ4n) is 1.25. The number of aromatic nitrogens is 1. The van der Waals surface area contributed by atoms with Crippen LogP contribution in [-0.4, -0.2) is 40.9 Å². The quantitative estimate of drug-likeness (QED) is 0.780. The van der Waals surface area contributed by atoms with Crippen LogP contribution in [0.15, 0.2) is 18.3 Å². The average Bonchev–Trinajstić information content (AvgIpc) is 2.26. The molecule has 0 fully saturated rings. The van der Waals surface area contributed by atoms with Gasteiger partial charge in [0.1, 0.15) is 5.69 Å². The van der Waals surface area contributed by atoms with Crippen molar-refractivity contribution < 1.29 is 15.0 Å². The van der Waals surface area contributed by atoms with Crippen molar-refractivity contribution in [2.45, 2.75) is 19.4 Å². The molecule has 0 bridgehead atoms. The van der Waals surface area contributed by atoms with Gasteiger partial charge in [-0.2, -0.15) is 0 Å². The van der Waals surface area contributed by atoms with E-state index in [1.165, 1.54) is 12.3 Å². The predicted octanol–water partition coefficient (Wildman–Crippen LogP) is 0.987. The van der Waals surface area contributed by atoms with E-state index in [9.17, 15) is 4.79 Å². The van der Waals surface area contributed by atoms with E-state index in [4.69, 9.17) is 10.2 Å². The molecule has 1 atom stereocenters. The van der Waals surface area contributed by atoms with E-state index < -0.39 is 5.97 Å². The maximum absolute atomic E-state index is 10.6. The molecule has 0 saturated carbocycles. The molecule has 2 N–H and O–H groups in total. The fourth-order valence-corrected chi connectivity index (χ4v) is 1.25. The van der Waals surface area contributed by atoms with Crippen LogP contribution in [0.4, 0.5) is 5.69 Å². The van der Waals surface area contributed by atoms with Crippen LogP contribution in [0, 0.1) is 0 Å². The number of carboxylic acids is 1. The Hall–Kier alpha value is -1.62. The number of hydrogen-bond acceptors (Lipinski definition) is 4. The van der Waals surface area contributed by atoms with E-state index in [1.807, 2.05) is 11.9 Å². The zero-order valence-electron chi connectivity index (χ0n) is 9.42. The van der Waals surface area contributed by atoms with Crippen molar-refractivity contribution in [1.29, 1.82) is 0 Å². The summed E-state index contributed by atoms with van der Waals surface area (Å²) in [6.07, 6.45) is 1.84. The molecule has 16 heavy (non-hydrogen) atoms. The number of pyridine rings is 1. The van der Waals surface area contributed by atoms with Gasteiger partial charge >= 0.3 is 5.97 Å². The molecule has 1 unspecified atom stereocenters. The molecule has 0 aliphatic rings. The number of anilines is 1. The van der Waals surface area contributed by atoms with Crippen molar-refractivity contribution in [3.05, 3.63) is 24.0 Å². The summed E-state index contributed by atoms with van der Waals surface area (Å²) < 4.78 is 0. The molecule has 0 amide bonds. The van der Waals surface area contributed by atoms with Gasteiger partial charge in [-0.15, -0.1) is 0 Å². The Morgan fingerprint density at radius 2 is 2.25 bits per heavy atom. The van der Waals surface area contributed by atoms with Gasteiger partial charge in [0.2, 0.25) is 0 Å². The van der Waals surface area contributed by atoms with E-state index in [-0.39, 0.29) is 11.8 Å². The van der Waals surface area contributed by atoms with Gasteiger partial charge in [0, 0.05) is 13.6 Å². The summed E-state index contributed by atoms with van der Waals surface area (Å²) in [6, 6.07) is 3.18. The van der Waals surface area contributed by atoms with Crippen LogP contribution in [0.2, 0.25) is 0 Å². The number of carboxylic acid groups (broad SMARTS) is 1. The Kier molecular flexibility index (Phi) is 4.25. The van der Waals surface area contributed by atoms with Crippen LogP contribution in [0.3, 0.4) is 0 Å². The zero-order chi connectivity index (χ0) is 12.1. The molecule has 1 heterocycles. The SMILES string of the molecule is CC(O)CCN(C)c1ccc(C(=O)O)nc1. The van der Waals surface area contributed by atoms with Crippen LogP contribution in [0.1, 0.15) is 23.8 Å². The Morgan fingerprint density at radius 1 is 1.56 bits per heavy atom. The number of carbonyl (C=O) groups is 1. The van der Waals surface area contributed by atoms with Crippen LogP contribution in [0.25, 0.3) is 0 Å². The van der Waals surface area contributed by atoms with Crippen molar-refractivity contribution in [3.8, 4) is 0 Å². The molecule has 0 aromatic carbocycles. The molecule has 1 aromatic heterocycles. The second-order valence-corrected chi connectivity index (χ2v) is 3.77. The third-order valence-corrected chi connectivity index (χ3v) is 2.29. The van der Waals surface area contributed by atoms with Gasteiger partial charge in [0.05, 0.1) is 18.0 Å². The number of nitrogens with zero attached hydrogens (tertiary/aromatic N) is 2. The van der Waals surface area contributed by atoms with Crippen molar-refractivity contribution in [3.63, 3.8) is 0 Å². The minimum atomic E-state index is -1.03. The molecule has 5 heteroatoms. The Labute approximate surface area is 94.4 Å². The minimum absolute atomic E-state index is 0.0349. The molecule has 1 aromatic rings. The third kappa shape index (κ3) is 3.51. The molecule has 1 rings (SSSR count). The molecule has 0 aliphatic heterocycles. The average molecular weight is 224 g/mol. The van der Waals surface area contributed by atoms with E-state index >= 15 is 0 Å². The molecule has 88 valence electrons. The van der Waals surface area contributed by atoms with Crippen LogP contribution in [0.5, 0.6) is 0 Å². The van der Waals surface area contributed by atoms with Crippen LogP contribution >= 0.6 is 0 Å². The number of rotatable bonds is 5. The Morgan fingerprint density at radius 3 is 2.69 bits per heavy atom. The van der Waals surface area contributed by atoms with Crippen LogP contribution in [-0.2, 0) is 0 Å². The lowest BCUT2D eigenvalue weighted by Gasteiger charge is -2.19. The van der Waals surface area contributed by atoms with Crippen molar-refractivity contribution in [1.82, 2.24) is 4.98 Å². The first kappa shape index (κ1) is 12.4. The summed E-state index contributed by atoms with van der Waals surface area (Å²) in [7, 11) is 1.87. The third-order valence-electron chi connectivity index (χ3n) is 2.29. The number of hydrogen-bond donors (Lipinski definition) is 2. The molecule has 0 saturated heterocycles. The molecule has 0 aliphatic carbocycles. The van der Waals surface area contributed by atoms with Crippen molar-refractivity contribution in [2.75, 3.05) is 18.5 Å². The second kappa shape index (κ2) is 5.46. The largest absolute Gasteiger partial charge is 0.477 e. The van der Waals surface area contributed by atoms with E-state index in [1.54, 1.807) is 13.0 Å². The summed E-state index contributed by atoms with van der Waals surface area (Å²) in [5.41, 5.74) is 0.873. The fraction of sp³-hybridized carbons (Fsp3) is 0.455. The number of aliphatic hydroxyl groups excluding tert-OH is 1. The van der Waals surface area contributed by atoms with Crippen molar-refractivity contribution >= 4 is 11.7 Å². The van der Waals surface area contributed by atoms with E-state index in [2.05, 4.69) is 4.98 Å². The highest BCUT2D eigenvalue weighted by Crippen LogP contribution is 2.12. The van der Waals surface area contributed by atoms with E-state index in [0.717, 1.165) is 5.69 Å². The van der Waals surface area contributed by atoms with Gasteiger partial charge in [0.15, 0.2) is 0 Å². The summed E-state index contributed by atoms with van der Waals surface area (Å²) in [5, 5.41) is 17.8. The maximum atomic E-state index is 10.6. The monoisotopic (exact) mass is 224 g/mol. The number of aliphatic hydroxyl groups is 1. The smallest absolute Gasteiger partial charge is 0.354 e. The minimum Gasteiger partial charge on any atom is -0.477 e.